The van der Waals surface area contributed by atoms with E-state index in [1.54, 1.807) is 24.3 Å². The predicted octanol–water partition coefficient (Wildman–Crippen LogP) is 3.99. The van der Waals surface area contributed by atoms with Crippen LogP contribution in [0, 0.1) is 0 Å². The number of hydrogen-bond donors (Lipinski definition) is 2. The van der Waals surface area contributed by atoms with Crippen molar-refractivity contribution in [1.82, 2.24) is 0 Å². The van der Waals surface area contributed by atoms with Gasteiger partial charge in [0.05, 0.1) is 0 Å². The zero-order valence-corrected chi connectivity index (χ0v) is 17.8. The standard InChI is InChI=1S/C24H26N2O5/c1-4-15(2)18-12-8-9-13-19(18)26-22(28)16(3)31-24(29)21-20(27)14-30-23(21)25-17-10-6-5-7-11-17/h5-13,15-16,25H,4,14H2,1-3H3,(H,26,28)/t15-,16-/m0/s1. The van der Waals surface area contributed by atoms with Crippen molar-refractivity contribution >= 4 is 29.0 Å². The number of ketones is 1. The Morgan fingerprint density at radius 1 is 1.06 bits per heavy atom. The number of nitrogens with one attached hydrogen (secondary N) is 2. The van der Waals surface area contributed by atoms with Gasteiger partial charge in [0, 0.05) is 11.4 Å². The SMILES string of the molecule is CC[C@H](C)c1ccccc1NC(=O)[C@H](C)OC(=O)C1=C(Nc2ccccc2)OCC1=O. The minimum atomic E-state index is -1.10. The van der Waals surface area contributed by atoms with Gasteiger partial charge in [0.15, 0.2) is 18.3 Å². The summed E-state index contributed by atoms with van der Waals surface area (Å²) in [6.45, 7) is 5.35. The summed E-state index contributed by atoms with van der Waals surface area (Å²) < 4.78 is 10.6. The Morgan fingerprint density at radius 2 is 1.74 bits per heavy atom. The molecular formula is C24H26N2O5. The monoisotopic (exact) mass is 422 g/mol. The van der Waals surface area contributed by atoms with Gasteiger partial charge in [0.25, 0.3) is 5.91 Å². The lowest BCUT2D eigenvalue weighted by Gasteiger charge is -2.18. The first-order chi connectivity index (χ1) is 14.9. The number of carbonyl (C=O) groups is 3. The fraction of sp³-hybridized carbons (Fsp3) is 0.292. The van der Waals surface area contributed by atoms with Crippen LogP contribution in [-0.4, -0.2) is 30.4 Å². The molecule has 1 aliphatic rings. The molecule has 0 bridgehead atoms. The second kappa shape index (κ2) is 9.93. The third-order valence-corrected chi connectivity index (χ3v) is 5.10. The molecule has 0 fully saturated rings. The lowest BCUT2D eigenvalue weighted by molar-refractivity contribution is -0.150. The summed E-state index contributed by atoms with van der Waals surface area (Å²) in [6, 6.07) is 16.5. The van der Waals surface area contributed by atoms with Crippen LogP contribution in [0.25, 0.3) is 0 Å². The number of ether oxygens (including phenoxy) is 2. The molecule has 3 rings (SSSR count). The average Bonchev–Trinajstić information content (AvgIpc) is 3.14. The molecule has 1 heterocycles. The van der Waals surface area contributed by atoms with Crippen LogP contribution in [0.2, 0.25) is 0 Å². The molecule has 0 aliphatic carbocycles. The number of benzene rings is 2. The van der Waals surface area contributed by atoms with Gasteiger partial charge in [-0.1, -0.05) is 50.2 Å². The molecule has 1 amide bonds. The molecule has 7 nitrogen and oxygen atoms in total. The van der Waals surface area contributed by atoms with E-state index in [0.29, 0.717) is 11.4 Å². The van der Waals surface area contributed by atoms with Gasteiger partial charge in [-0.15, -0.1) is 0 Å². The quantitative estimate of drug-likeness (QED) is 0.493. The number of para-hydroxylation sites is 2. The number of esters is 1. The number of rotatable bonds is 8. The maximum Gasteiger partial charge on any atom is 0.348 e. The van der Waals surface area contributed by atoms with Crippen molar-refractivity contribution in [2.75, 3.05) is 17.2 Å². The summed E-state index contributed by atoms with van der Waals surface area (Å²) in [4.78, 5) is 37.5. The molecule has 162 valence electrons. The van der Waals surface area contributed by atoms with Crippen molar-refractivity contribution in [1.29, 1.82) is 0 Å². The van der Waals surface area contributed by atoms with Crippen molar-refractivity contribution in [3.63, 3.8) is 0 Å². The Hall–Kier alpha value is -3.61. The largest absolute Gasteiger partial charge is 0.470 e. The molecule has 0 saturated carbocycles. The zero-order chi connectivity index (χ0) is 22.4. The number of carbonyl (C=O) groups excluding carboxylic acids is 3. The van der Waals surface area contributed by atoms with E-state index in [-0.39, 0.29) is 24.0 Å². The first-order valence-electron chi connectivity index (χ1n) is 10.2. The third kappa shape index (κ3) is 5.31. The average molecular weight is 422 g/mol. The Morgan fingerprint density at radius 3 is 2.45 bits per heavy atom. The van der Waals surface area contributed by atoms with Crippen LogP contribution in [0.3, 0.4) is 0 Å². The molecule has 1 aliphatic heterocycles. The van der Waals surface area contributed by atoms with Crippen molar-refractivity contribution in [3.8, 4) is 0 Å². The van der Waals surface area contributed by atoms with Crippen LogP contribution < -0.4 is 10.6 Å². The minimum Gasteiger partial charge on any atom is -0.470 e. The maximum absolute atomic E-state index is 12.6. The number of anilines is 2. The summed E-state index contributed by atoms with van der Waals surface area (Å²) in [6.07, 6.45) is -0.179. The summed E-state index contributed by atoms with van der Waals surface area (Å²) in [5, 5.41) is 5.73. The molecule has 2 N–H and O–H groups in total. The lowest BCUT2D eigenvalue weighted by Crippen LogP contribution is -2.32. The summed E-state index contributed by atoms with van der Waals surface area (Å²) in [5.74, 6) is -1.60. The fourth-order valence-electron chi connectivity index (χ4n) is 3.13. The fourth-order valence-corrected chi connectivity index (χ4v) is 3.13. The highest BCUT2D eigenvalue weighted by atomic mass is 16.6. The highest BCUT2D eigenvalue weighted by Crippen LogP contribution is 2.27. The van der Waals surface area contributed by atoms with Crippen LogP contribution in [0.15, 0.2) is 66.1 Å². The van der Waals surface area contributed by atoms with E-state index < -0.39 is 23.8 Å². The molecule has 0 unspecified atom stereocenters. The van der Waals surface area contributed by atoms with Gasteiger partial charge in [0.1, 0.15) is 0 Å². The highest BCUT2D eigenvalue weighted by Gasteiger charge is 2.34. The van der Waals surface area contributed by atoms with Crippen molar-refractivity contribution in [3.05, 3.63) is 71.6 Å². The van der Waals surface area contributed by atoms with Gasteiger partial charge in [-0.3, -0.25) is 9.59 Å². The molecule has 0 spiro atoms. The van der Waals surface area contributed by atoms with Crippen molar-refractivity contribution in [2.24, 2.45) is 0 Å². The summed E-state index contributed by atoms with van der Waals surface area (Å²) in [5.41, 5.74) is 2.11. The van der Waals surface area contributed by atoms with Gasteiger partial charge in [-0.2, -0.15) is 0 Å². The summed E-state index contributed by atoms with van der Waals surface area (Å²) >= 11 is 0. The van der Waals surface area contributed by atoms with Crippen LogP contribution in [-0.2, 0) is 23.9 Å². The van der Waals surface area contributed by atoms with E-state index in [0.717, 1.165) is 12.0 Å². The van der Waals surface area contributed by atoms with E-state index in [9.17, 15) is 14.4 Å². The molecule has 0 aromatic heterocycles. The van der Waals surface area contributed by atoms with Gasteiger partial charge >= 0.3 is 5.97 Å². The Labute approximate surface area is 181 Å². The Bertz CT molecular complexity index is 1000. The van der Waals surface area contributed by atoms with Crippen LogP contribution in [0.5, 0.6) is 0 Å². The van der Waals surface area contributed by atoms with Crippen molar-refractivity contribution in [2.45, 2.75) is 39.2 Å². The second-order valence-electron chi connectivity index (χ2n) is 7.34. The van der Waals surface area contributed by atoms with Crippen LogP contribution in [0.1, 0.15) is 38.7 Å². The Balaban J connectivity index is 1.70. The first-order valence-corrected chi connectivity index (χ1v) is 10.2. The third-order valence-electron chi connectivity index (χ3n) is 5.10. The van der Waals surface area contributed by atoms with E-state index in [2.05, 4.69) is 24.5 Å². The molecule has 2 aromatic rings. The molecule has 31 heavy (non-hydrogen) atoms. The second-order valence-corrected chi connectivity index (χ2v) is 7.34. The maximum atomic E-state index is 12.6. The number of hydrogen-bond acceptors (Lipinski definition) is 6. The van der Waals surface area contributed by atoms with Gasteiger partial charge in [-0.05, 0) is 43.0 Å². The summed E-state index contributed by atoms with van der Waals surface area (Å²) in [7, 11) is 0. The number of amides is 1. The highest BCUT2D eigenvalue weighted by molar-refractivity contribution is 6.20. The molecule has 0 saturated heterocycles. The smallest absolute Gasteiger partial charge is 0.348 e. The molecule has 2 aromatic carbocycles. The topological polar surface area (TPSA) is 93.7 Å². The zero-order valence-electron chi connectivity index (χ0n) is 17.8. The van der Waals surface area contributed by atoms with E-state index in [4.69, 9.17) is 9.47 Å². The molecule has 0 radical (unpaired) electrons. The van der Waals surface area contributed by atoms with Crippen molar-refractivity contribution < 1.29 is 23.9 Å². The molecule has 2 atom stereocenters. The van der Waals surface area contributed by atoms with Gasteiger partial charge in [0.2, 0.25) is 11.7 Å². The van der Waals surface area contributed by atoms with Gasteiger partial charge < -0.3 is 20.1 Å². The lowest BCUT2D eigenvalue weighted by atomic mass is 9.97. The number of Topliss-reactive ketones (excluding diaryl/α,β-unsaturated/α-hetero) is 1. The van der Waals surface area contributed by atoms with E-state index in [1.807, 2.05) is 30.3 Å². The normalized spacial score (nSPS) is 15.1. The van der Waals surface area contributed by atoms with Gasteiger partial charge in [-0.25, -0.2) is 4.79 Å². The first kappa shape index (κ1) is 22.1. The Kier molecular flexibility index (Phi) is 7.07. The molecular weight excluding hydrogens is 396 g/mol. The minimum absolute atomic E-state index is 0.0240. The van der Waals surface area contributed by atoms with E-state index >= 15 is 0 Å². The van der Waals surface area contributed by atoms with Crippen LogP contribution >= 0.6 is 0 Å². The molecule has 7 heteroatoms. The van der Waals surface area contributed by atoms with Crippen LogP contribution in [0.4, 0.5) is 11.4 Å². The predicted molar refractivity (Wildman–Crippen MR) is 117 cm³/mol. The van der Waals surface area contributed by atoms with E-state index in [1.165, 1.54) is 6.92 Å².